The molecule has 1 aromatic carbocycles. The first-order chi connectivity index (χ1) is 9.25. The van der Waals surface area contributed by atoms with Gasteiger partial charge in [-0.2, -0.15) is 5.10 Å². The maximum atomic E-state index is 12.0. The molecule has 2 aliphatic carbocycles. The second kappa shape index (κ2) is 5.03. The summed E-state index contributed by atoms with van der Waals surface area (Å²) in [5.41, 5.74) is 3.39. The van der Waals surface area contributed by atoms with Gasteiger partial charge in [0.1, 0.15) is 5.75 Å². The van der Waals surface area contributed by atoms with Gasteiger partial charge >= 0.3 is 0 Å². The summed E-state index contributed by atoms with van der Waals surface area (Å²) >= 11 is 0. The largest absolute Gasteiger partial charge is 0.508 e. The minimum Gasteiger partial charge on any atom is -0.508 e. The predicted octanol–water partition coefficient (Wildman–Crippen LogP) is 2.28. The fraction of sp³-hybridized carbons (Fsp3) is 0.467. The number of amides is 1. The van der Waals surface area contributed by atoms with Crippen LogP contribution in [0.1, 0.15) is 31.2 Å². The summed E-state index contributed by atoms with van der Waals surface area (Å²) in [5, 5.41) is 13.3. The van der Waals surface area contributed by atoms with Gasteiger partial charge < -0.3 is 5.11 Å². The van der Waals surface area contributed by atoms with Crippen molar-refractivity contribution >= 4 is 12.1 Å². The summed E-state index contributed by atoms with van der Waals surface area (Å²) < 4.78 is 0. The van der Waals surface area contributed by atoms with E-state index >= 15 is 0 Å². The first kappa shape index (κ1) is 12.2. The van der Waals surface area contributed by atoms with E-state index in [0.29, 0.717) is 11.8 Å². The number of benzene rings is 1. The molecule has 4 heteroatoms. The van der Waals surface area contributed by atoms with Gasteiger partial charge in [0.05, 0.1) is 6.21 Å². The Balaban J connectivity index is 1.54. The molecule has 0 radical (unpaired) electrons. The average Bonchev–Trinajstić information content (AvgIpc) is 3.13. The van der Waals surface area contributed by atoms with Crippen molar-refractivity contribution in [3.05, 3.63) is 29.8 Å². The number of hydrogen-bond donors (Lipinski definition) is 2. The average molecular weight is 258 g/mol. The number of phenolic OH excluding ortho intramolecular Hbond substituents is 1. The lowest BCUT2D eigenvalue weighted by atomic mass is 10.0. The van der Waals surface area contributed by atoms with Crippen LogP contribution in [0, 0.1) is 17.8 Å². The Bertz CT molecular complexity index is 501. The van der Waals surface area contributed by atoms with Crippen LogP contribution in [0.2, 0.25) is 0 Å². The maximum Gasteiger partial charge on any atom is 0.243 e. The summed E-state index contributed by atoms with van der Waals surface area (Å²) in [6.07, 6.45) is 6.47. The molecule has 2 aliphatic rings. The van der Waals surface area contributed by atoms with E-state index in [9.17, 15) is 9.90 Å². The number of hydrazone groups is 1. The van der Waals surface area contributed by atoms with Crippen LogP contribution < -0.4 is 5.43 Å². The number of carbonyl (C=O) groups excluding carboxylic acids is 1. The highest BCUT2D eigenvalue weighted by Gasteiger charge is 2.54. The molecule has 0 spiro atoms. The lowest BCUT2D eigenvalue weighted by Gasteiger charge is -2.04. The van der Waals surface area contributed by atoms with Crippen LogP contribution in [0.25, 0.3) is 0 Å². The Morgan fingerprint density at radius 1 is 1.32 bits per heavy atom. The fourth-order valence-electron chi connectivity index (χ4n) is 3.23. The molecule has 0 aliphatic heterocycles. The first-order valence-corrected chi connectivity index (χ1v) is 6.87. The first-order valence-electron chi connectivity index (χ1n) is 6.87. The Hall–Kier alpha value is -1.84. The SMILES string of the molecule is O=C(N/N=C\c1cccc(O)c1)C1[C@H]2CCCC[C@@H]12. The Kier molecular flexibility index (Phi) is 3.23. The molecule has 2 N–H and O–H groups in total. The van der Waals surface area contributed by atoms with Crippen LogP contribution in [0.15, 0.2) is 29.4 Å². The van der Waals surface area contributed by atoms with Crippen molar-refractivity contribution < 1.29 is 9.90 Å². The second-order valence-corrected chi connectivity index (χ2v) is 5.47. The van der Waals surface area contributed by atoms with E-state index in [0.717, 1.165) is 5.56 Å². The van der Waals surface area contributed by atoms with Crippen molar-refractivity contribution in [1.82, 2.24) is 5.43 Å². The molecular formula is C15H18N2O2. The van der Waals surface area contributed by atoms with Crippen LogP contribution in [-0.2, 0) is 4.79 Å². The number of nitrogens with zero attached hydrogens (tertiary/aromatic N) is 1. The number of carbonyl (C=O) groups is 1. The van der Waals surface area contributed by atoms with E-state index in [2.05, 4.69) is 10.5 Å². The van der Waals surface area contributed by atoms with Crippen LogP contribution in [-0.4, -0.2) is 17.2 Å². The molecule has 1 unspecified atom stereocenters. The molecule has 0 bridgehead atoms. The van der Waals surface area contributed by atoms with Crippen LogP contribution in [0.3, 0.4) is 0 Å². The number of hydrogen-bond acceptors (Lipinski definition) is 3. The highest BCUT2D eigenvalue weighted by Crippen LogP contribution is 2.55. The van der Waals surface area contributed by atoms with Gasteiger partial charge in [0.2, 0.25) is 5.91 Å². The Labute approximate surface area is 112 Å². The second-order valence-electron chi connectivity index (χ2n) is 5.47. The van der Waals surface area contributed by atoms with Gasteiger partial charge in [-0.25, -0.2) is 5.43 Å². The minimum atomic E-state index is 0.0494. The predicted molar refractivity (Wildman–Crippen MR) is 72.8 cm³/mol. The highest BCUT2D eigenvalue weighted by atomic mass is 16.3. The summed E-state index contributed by atoms with van der Waals surface area (Å²) in [6, 6.07) is 6.78. The Morgan fingerprint density at radius 2 is 2.05 bits per heavy atom. The molecule has 3 rings (SSSR count). The van der Waals surface area contributed by atoms with E-state index in [1.165, 1.54) is 25.7 Å². The topological polar surface area (TPSA) is 61.7 Å². The van der Waals surface area contributed by atoms with Crippen molar-refractivity contribution in [3.63, 3.8) is 0 Å². The number of aromatic hydroxyl groups is 1. The third-order valence-electron chi connectivity index (χ3n) is 4.22. The molecule has 4 nitrogen and oxygen atoms in total. The van der Waals surface area contributed by atoms with Gasteiger partial charge in [0.25, 0.3) is 0 Å². The number of rotatable bonds is 3. The maximum absolute atomic E-state index is 12.0. The van der Waals surface area contributed by atoms with Gasteiger partial charge in [-0.15, -0.1) is 0 Å². The number of nitrogens with one attached hydrogen (secondary N) is 1. The van der Waals surface area contributed by atoms with Crippen LogP contribution in [0.5, 0.6) is 5.75 Å². The van der Waals surface area contributed by atoms with E-state index in [1.807, 2.05) is 6.07 Å². The number of fused-ring (bicyclic) bond motifs is 1. The highest BCUT2D eigenvalue weighted by molar-refractivity contribution is 5.85. The van der Waals surface area contributed by atoms with E-state index < -0.39 is 0 Å². The van der Waals surface area contributed by atoms with E-state index in [1.54, 1.807) is 24.4 Å². The third kappa shape index (κ3) is 2.62. The van der Waals surface area contributed by atoms with E-state index in [-0.39, 0.29) is 17.6 Å². The van der Waals surface area contributed by atoms with Crippen molar-refractivity contribution in [3.8, 4) is 5.75 Å². The van der Waals surface area contributed by atoms with Crippen molar-refractivity contribution in [1.29, 1.82) is 0 Å². The zero-order valence-electron chi connectivity index (χ0n) is 10.7. The minimum absolute atomic E-state index is 0.0494. The van der Waals surface area contributed by atoms with Gasteiger partial charge in [0.15, 0.2) is 0 Å². The van der Waals surface area contributed by atoms with Gasteiger partial charge in [-0.3, -0.25) is 4.79 Å². The monoisotopic (exact) mass is 258 g/mol. The zero-order valence-corrected chi connectivity index (χ0v) is 10.7. The fourth-order valence-corrected chi connectivity index (χ4v) is 3.23. The zero-order chi connectivity index (χ0) is 13.2. The lowest BCUT2D eigenvalue weighted by Crippen LogP contribution is -2.20. The lowest BCUT2D eigenvalue weighted by molar-refractivity contribution is -0.122. The smallest absolute Gasteiger partial charge is 0.243 e. The van der Waals surface area contributed by atoms with Gasteiger partial charge in [-0.05, 0) is 42.4 Å². The molecule has 0 aromatic heterocycles. The molecule has 3 atom stereocenters. The van der Waals surface area contributed by atoms with Crippen LogP contribution >= 0.6 is 0 Å². The van der Waals surface area contributed by atoms with E-state index in [4.69, 9.17) is 0 Å². The molecule has 0 saturated heterocycles. The molecular weight excluding hydrogens is 240 g/mol. The van der Waals surface area contributed by atoms with Crippen molar-refractivity contribution in [2.75, 3.05) is 0 Å². The standard InChI is InChI=1S/C15H18N2O2/c18-11-5-3-4-10(8-11)9-16-17-15(19)14-12-6-1-2-7-13(12)14/h3-5,8-9,12-14,18H,1-2,6-7H2,(H,17,19)/b16-9-/t12-,13+,14?. The summed E-state index contributed by atoms with van der Waals surface area (Å²) in [4.78, 5) is 12.0. The van der Waals surface area contributed by atoms with Crippen molar-refractivity contribution in [2.24, 2.45) is 22.9 Å². The van der Waals surface area contributed by atoms with Crippen molar-refractivity contribution in [2.45, 2.75) is 25.7 Å². The molecule has 2 saturated carbocycles. The quantitative estimate of drug-likeness (QED) is 0.645. The summed E-state index contributed by atoms with van der Waals surface area (Å²) in [7, 11) is 0. The summed E-state index contributed by atoms with van der Waals surface area (Å²) in [5.74, 6) is 1.63. The normalized spacial score (nSPS) is 28.9. The summed E-state index contributed by atoms with van der Waals surface area (Å²) in [6.45, 7) is 0. The molecule has 2 fully saturated rings. The van der Waals surface area contributed by atoms with Crippen LogP contribution in [0.4, 0.5) is 0 Å². The molecule has 0 heterocycles. The Morgan fingerprint density at radius 3 is 2.74 bits per heavy atom. The molecule has 19 heavy (non-hydrogen) atoms. The third-order valence-corrected chi connectivity index (χ3v) is 4.22. The van der Waals surface area contributed by atoms with Gasteiger partial charge in [-0.1, -0.05) is 25.0 Å². The molecule has 1 aromatic rings. The molecule has 100 valence electrons. The molecule has 1 amide bonds. The number of phenols is 1. The van der Waals surface area contributed by atoms with Gasteiger partial charge in [0, 0.05) is 5.92 Å².